The van der Waals surface area contributed by atoms with E-state index in [1.807, 2.05) is 0 Å². The summed E-state index contributed by atoms with van der Waals surface area (Å²) in [6, 6.07) is 0. The quantitative estimate of drug-likeness (QED) is 0.445. The Labute approximate surface area is 171 Å². The number of nitrogens with zero attached hydrogens (tertiary/aromatic N) is 2. The van der Waals surface area contributed by atoms with Crippen LogP contribution in [0.4, 0.5) is 13.2 Å². The fourth-order valence-corrected chi connectivity index (χ4v) is 5.18. The lowest BCUT2D eigenvalue weighted by Gasteiger charge is -2.32. The van der Waals surface area contributed by atoms with Crippen molar-refractivity contribution in [1.82, 2.24) is 14.9 Å². The van der Waals surface area contributed by atoms with Crippen molar-refractivity contribution in [2.24, 2.45) is 16.3 Å². The molecular weight excluding hydrogens is 409 g/mol. The minimum atomic E-state index is -5.23. The topological polar surface area (TPSA) is 83.0 Å². The third kappa shape index (κ3) is 6.45. The van der Waals surface area contributed by atoms with Crippen LogP contribution in [0, 0.1) is 11.3 Å². The highest BCUT2D eigenvalue weighted by atomic mass is 32.2. The molecule has 2 rings (SSSR count). The number of halogens is 3. The van der Waals surface area contributed by atoms with E-state index in [0.717, 1.165) is 32.4 Å². The number of ether oxygens (including phenoxy) is 1. The Hall–Kier alpha value is -1.07. The molecule has 2 aliphatic rings. The van der Waals surface area contributed by atoms with E-state index >= 15 is 0 Å². The number of rotatable bonds is 8. The van der Waals surface area contributed by atoms with E-state index in [0.29, 0.717) is 29.7 Å². The molecule has 0 aromatic carbocycles. The minimum absolute atomic E-state index is 0.0992. The first-order valence-corrected chi connectivity index (χ1v) is 11.6. The Morgan fingerprint density at radius 2 is 1.83 bits per heavy atom. The number of alkyl halides is 3. The molecule has 7 nitrogen and oxygen atoms in total. The predicted molar refractivity (Wildman–Crippen MR) is 106 cm³/mol. The van der Waals surface area contributed by atoms with Crippen LogP contribution in [0.5, 0.6) is 0 Å². The van der Waals surface area contributed by atoms with Crippen molar-refractivity contribution in [3.05, 3.63) is 0 Å². The Kier molecular flexibility index (Phi) is 8.59. The number of methoxy groups -OCH3 is 1. The van der Waals surface area contributed by atoms with Crippen LogP contribution >= 0.6 is 0 Å². The summed E-state index contributed by atoms with van der Waals surface area (Å²) in [5.41, 5.74) is -5.02. The smallest absolute Gasteiger partial charge is 0.385 e. The van der Waals surface area contributed by atoms with Gasteiger partial charge in [-0.3, -0.25) is 4.99 Å². The molecule has 0 spiro atoms. The monoisotopic (exact) mass is 442 g/mol. The molecule has 1 aliphatic heterocycles. The van der Waals surface area contributed by atoms with Crippen molar-refractivity contribution in [2.45, 2.75) is 50.5 Å². The summed E-state index contributed by atoms with van der Waals surface area (Å²) in [7, 11) is -1.83. The van der Waals surface area contributed by atoms with Gasteiger partial charge in [0, 0.05) is 46.9 Å². The van der Waals surface area contributed by atoms with Gasteiger partial charge in [0.25, 0.3) is 0 Å². The number of hydrogen-bond acceptors (Lipinski definition) is 4. The molecule has 1 aliphatic carbocycles. The van der Waals surface area contributed by atoms with Crippen molar-refractivity contribution < 1.29 is 26.3 Å². The van der Waals surface area contributed by atoms with E-state index in [9.17, 15) is 21.6 Å². The average Bonchev–Trinajstić information content (AvgIpc) is 3.15. The molecule has 0 unspecified atom stereocenters. The fraction of sp³-hybridized carbons (Fsp3) is 0.944. The van der Waals surface area contributed by atoms with Crippen molar-refractivity contribution in [3.8, 4) is 0 Å². The van der Waals surface area contributed by atoms with Gasteiger partial charge in [0.15, 0.2) is 5.96 Å². The molecule has 1 saturated carbocycles. The number of hydrogen-bond donors (Lipinski definition) is 2. The van der Waals surface area contributed by atoms with Crippen LogP contribution in [0.15, 0.2) is 4.99 Å². The molecule has 2 N–H and O–H groups in total. The third-order valence-corrected chi connectivity index (χ3v) is 7.75. The maximum Gasteiger partial charge on any atom is 0.511 e. The Balaban J connectivity index is 1.78. The Morgan fingerprint density at radius 3 is 2.34 bits per heavy atom. The lowest BCUT2D eigenvalue weighted by Crippen LogP contribution is -2.48. The van der Waals surface area contributed by atoms with Gasteiger partial charge in [-0.1, -0.05) is 12.8 Å². The second kappa shape index (κ2) is 10.3. The molecule has 170 valence electrons. The summed E-state index contributed by atoms with van der Waals surface area (Å²) >= 11 is 0. The Bertz CT molecular complexity index is 641. The molecule has 2 fully saturated rings. The Morgan fingerprint density at radius 1 is 1.21 bits per heavy atom. The molecule has 0 aromatic rings. The summed E-state index contributed by atoms with van der Waals surface area (Å²) < 4.78 is 66.8. The van der Waals surface area contributed by atoms with Crippen molar-refractivity contribution in [2.75, 3.05) is 46.9 Å². The van der Waals surface area contributed by atoms with Gasteiger partial charge in [-0.25, -0.2) is 8.42 Å². The normalized spacial score (nSPS) is 22.0. The number of aliphatic imine (C=N–C) groups is 1. The highest BCUT2D eigenvalue weighted by molar-refractivity contribution is 7.90. The minimum Gasteiger partial charge on any atom is -0.385 e. The van der Waals surface area contributed by atoms with E-state index in [2.05, 4.69) is 15.6 Å². The fourth-order valence-electron chi connectivity index (χ4n) is 4.19. The lowest BCUT2D eigenvalue weighted by atomic mass is 9.83. The molecule has 1 saturated heterocycles. The average molecular weight is 443 g/mol. The van der Waals surface area contributed by atoms with Gasteiger partial charge in [-0.15, -0.1) is 0 Å². The second-order valence-electron chi connectivity index (χ2n) is 8.05. The van der Waals surface area contributed by atoms with E-state index in [1.165, 1.54) is 12.8 Å². The summed E-state index contributed by atoms with van der Waals surface area (Å²) in [6.45, 7) is 1.86. The summed E-state index contributed by atoms with van der Waals surface area (Å²) in [5, 5.41) is 6.62. The first-order chi connectivity index (χ1) is 13.6. The highest BCUT2D eigenvalue weighted by Crippen LogP contribution is 2.40. The van der Waals surface area contributed by atoms with Crippen LogP contribution in [-0.2, 0) is 14.8 Å². The molecule has 11 heteroatoms. The molecule has 1 heterocycles. The number of guanidine groups is 1. The summed E-state index contributed by atoms with van der Waals surface area (Å²) in [5.74, 6) is 0.765. The predicted octanol–water partition coefficient (Wildman–Crippen LogP) is 2.31. The first kappa shape index (κ1) is 24.2. The van der Waals surface area contributed by atoms with Gasteiger partial charge < -0.3 is 15.4 Å². The van der Waals surface area contributed by atoms with Gasteiger partial charge in [-0.05, 0) is 43.4 Å². The molecule has 0 radical (unpaired) electrons. The van der Waals surface area contributed by atoms with E-state index in [1.54, 1.807) is 14.2 Å². The maximum atomic E-state index is 12.7. The molecule has 0 aromatic heterocycles. The second-order valence-corrected chi connectivity index (χ2v) is 9.98. The zero-order chi connectivity index (χ0) is 21.5. The first-order valence-electron chi connectivity index (χ1n) is 10.1. The molecule has 0 amide bonds. The SMILES string of the molecule is CN=C(NCC1CCN(S(=O)(=O)C(F)(F)F)CC1)NCC1(CCOC)CCCC1. The van der Waals surface area contributed by atoms with Crippen LogP contribution in [0.2, 0.25) is 0 Å². The lowest BCUT2D eigenvalue weighted by molar-refractivity contribution is -0.0496. The van der Waals surface area contributed by atoms with Gasteiger partial charge in [-0.2, -0.15) is 17.5 Å². The largest absolute Gasteiger partial charge is 0.511 e. The van der Waals surface area contributed by atoms with Crippen LogP contribution in [0.25, 0.3) is 0 Å². The highest BCUT2D eigenvalue weighted by Gasteiger charge is 2.50. The van der Waals surface area contributed by atoms with Crippen molar-refractivity contribution in [1.29, 1.82) is 0 Å². The zero-order valence-electron chi connectivity index (χ0n) is 17.2. The standard InChI is InChI=1S/C18H33F3N4O3S/c1-22-16(24-14-17(9-12-28-2)7-3-4-8-17)23-13-15-5-10-25(11-6-15)29(26,27)18(19,20)21/h15H,3-14H2,1-2H3,(H2,22,23,24). The van der Waals surface area contributed by atoms with E-state index in [4.69, 9.17) is 4.74 Å². The number of piperidine rings is 1. The summed E-state index contributed by atoms with van der Waals surface area (Å²) in [6.07, 6.45) is 6.53. The van der Waals surface area contributed by atoms with Gasteiger partial charge in [0.05, 0.1) is 0 Å². The molecule has 0 atom stereocenters. The van der Waals surface area contributed by atoms with Crippen molar-refractivity contribution >= 4 is 16.0 Å². The van der Waals surface area contributed by atoms with E-state index in [-0.39, 0.29) is 24.4 Å². The van der Waals surface area contributed by atoms with Gasteiger partial charge in [0.1, 0.15) is 0 Å². The third-order valence-electron chi connectivity index (χ3n) is 6.12. The van der Waals surface area contributed by atoms with Crippen molar-refractivity contribution in [3.63, 3.8) is 0 Å². The van der Waals surface area contributed by atoms with E-state index < -0.39 is 15.5 Å². The van der Waals surface area contributed by atoms with Gasteiger partial charge >= 0.3 is 15.5 Å². The molecule has 29 heavy (non-hydrogen) atoms. The number of sulfonamides is 1. The van der Waals surface area contributed by atoms with Crippen LogP contribution in [0.3, 0.4) is 0 Å². The summed E-state index contributed by atoms with van der Waals surface area (Å²) in [4.78, 5) is 4.24. The van der Waals surface area contributed by atoms with Gasteiger partial charge in [0.2, 0.25) is 0 Å². The molecule has 0 bridgehead atoms. The molecular formula is C18H33F3N4O3S. The maximum absolute atomic E-state index is 12.7. The van der Waals surface area contributed by atoms with Crippen LogP contribution in [0.1, 0.15) is 44.9 Å². The number of nitrogens with one attached hydrogen (secondary N) is 2. The zero-order valence-corrected chi connectivity index (χ0v) is 18.0. The van der Waals surface area contributed by atoms with Crippen LogP contribution in [-0.4, -0.2) is 71.1 Å². The van der Waals surface area contributed by atoms with Crippen LogP contribution < -0.4 is 10.6 Å².